The number of rotatable bonds is 4. The monoisotopic (exact) mass is 357 g/mol. The highest BCUT2D eigenvalue weighted by Gasteiger charge is 2.26. The van der Waals surface area contributed by atoms with Crippen LogP contribution in [0.5, 0.6) is 0 Å². The summed E-state index contributed by atoms with van der Waals surface area (Å²) in [7, 11) is 0. The van der Waals surface area contributed by atoms with Crippen molar-refractivity contribution in [3.8, 4) is 0 Å². The first-order chi connectivity index (χ1) is 9.97. The van der Waals surface area contributed by atoms with Crippen LogP contribution in [0.2, 0.25) is 0 Å². The molecule has 0 aliphatic carbocycles. The minimum atomic E-state index is -0.425. The van der Waals surface area contributed by atoms with E-state index in [1.807, 2.05) is 0 Å². The number of carbonyl (C=O) groups is 2. The molecule has 0 saturated carbocycles. The maximum Gasteiger partial charge on any atom is 0.241 e. The molecule has 2 rings (SSSR count). The van der Waals surface area contributed by atoms with Crippen molar-refractivity contribution in [3.63, 3.8) is 0 Å². The van der Waals surface area contributed by atoms with E-state index in [4.69, 9.17) is 5.73 Å². The second-order valence-corrected chi connectivity index (χ2v) is 5.97. The Balaban J connectivity index is 1.90. The third-order valence-electron chi connectivity index (χ3n) is 3.54. The topological polar surface area (TPSA) is 75.4 Å². The summed E-state index contributed by atoms with van der Waals surface area (Å²) < 4.78 is 14.3. The van der Waals surface area contributed by atoms with Crippen LogP contribution in [0.1, 0.15) is 12.8 Å². The highest BCUT2D eigenvalue weighted by atomic mass is 79.9. The molecule has 0 aromatic heterocycles. The summed E-state index contributed by atoms with van der Waals surface area (Å²) in [6.07, 6.45) is 1.47. The highest BCUT2D eigenvalue weighted by Crippen LogP contribution is 2.20. The van der Waals surface area contributed by atoms with Gasteiger partial charge in [0.15, 0.2) is 0 Å². The molecule has 7 heteroatoms. The van der Waals surface area contributed by atoms with Crippen LogP contribution in [-0.2, 0) is 9.59 Å². The Bertz CT molecular complexity index is 553. The number of piperidine rings is 1. The highest BCUT2D eigenvalue weighted by molar-refractivity contribution is 9.10. The number of nitrogens with two attached hydrogens (primary N) is 1. The Hall–Kier alpha value is -1.63. The predicted molar refractivity (Wildman–Crippen MR) is 81.1 cm³/mol. The van der Waals surface area contributed by atoms with Crippen LogP contribution in [0.25, 0.3) is 0 Å². The van der Waals surface area contributed by atoms with Crippen LogP contribution in [0.3, 0.4) is 0 Å². The Kier molecular flexibility index (Phi) is 5.17. The molecule has 1 aliphatic rings. The zero-order valence-corrected chi connectivity index (χ0v) is 13.0. The SMILES string of the molecule is NC(=O)C1CCCN(C(=O)CNc2ccc(Br)cc2F)C1. The Morgan fingerprint density at radius 3 is 2.90 bits per heavy atom. The number of hydrogen-bond donors (Lipinski definition) is 2. The normalized spacial score (nSPS) is 18.4. The zero-order valence-electron chi connectivity index (χ0n) is 11.4. The van der Waals surface area contributed by atoms with Crippen LogP contribution < -0.4 is 11.1 Å². The molecule has 0 radical (unpaired) electrons. The molecule has 1 aromatic carbocycles. The van der Waals surface area contributed by atoms with Gasteiger partial charge in [0.05, 0.1) is 18.2 Å². The summed E-state index contributed by atoms with van der Waals surface area (Å²) in [5.74, 6) is -1.25. The first-order valence-corrected chi connectivity index (χ1v) is 7.52. The van der Waals surface area contributed by atoms with Gasteiger partial charge in [-0.1, -0.05) is 15.9 Å². The fraction of sp³-hybridized carbons (Fsp3) is 0.429. The van der Waals surface area contributed by atoms with Crippen LogP contribution in [0.15, 0.2) is 22.7 Å². The molecule has 0 bridgehead atoms. The van der Waals surface area contributed by atoms with E-state index < -0.39 is 5.82 Å². The second kappa shape index (κ2) is 6.89. The number of nitrogens with one attached hydrogen (secondary N) is 1. The first kappa shape index (κ1) is 15.8. The van der Waals surface area contributed by atoms with Crippen molar-refractivity contribution in [1.29, 1.82) is 0 Å². The molecule has 3 N–H and O–H groups in total. The van der Waals surface area contributed by atoms with Gasteiger partial charge in [-0.05, 0) is 31.0 Å². The third kappa shape index (κ3) is 4.17. The fourth-order valence-electron chi connectivity index (χ4n) is 2.35. The van der Waals surface area contributed by atoms with Gasteiger partial charge in [0, 0.05) is 17.6 Å². The number of amides is 2. The van der Waals surface area contributed by atoms with Crippen molar-refractivity contribution < 1.29 is 14.0 Å². The van der Waals surface area contributed by atoms with Gasteiger partial charge >= 0.3 is 0 Å². The quantitative estimate of drug-likeness (QED) is 0.861. The van der Waals surface area contributed by atoms with Gasteiger partial charge in [-0.15, -0.1) is 0 Å². The van der Waals surface area contributed by atoms with Crippen molar-refractivity contribution in [1.82, 2.24) is 4.90 Å². The van der Waals surface area contributed by atoms with Crippen molar-refractivity contribution >= 4 is 33.4 Å². The van der Waals surface area contributed by atoms with E-state index in [2.05, 4.69) is 21.2 Å². The summed E-state index contributed by atoms with van der Waals surface area (Å²) in [6.45, 7) is 0.940. The second-order valence-electron chi connectivity index (χ2n) is 5.06. The summed E-state index contributed by atoms with van der Waals surface area (Å²) in [5, 5.41) is 2.78. The smallest absolute Gasteiger partial charge is 0.241 e. The average Bonchev–Trinajstić information content (AvgIpc) is 2.46. The maximum atomic E-state index is 13.6. The molecular weight excluding hydrogens is 341 g/mol. The van der Waals surface area contributed by atoms with Crippen LogP contribution >= 0.6 is 15.9 Å². The molecule has 1 aromatic rings. The van der Waals surface area contributed by atoms with Gasteiger partial charge in [0.25, 0.3) is 0 Å². The average molecular weight is 358 g/mol. The largest absolute Gasteiger partial charge is 0.374 e. The number of carbonyl (C=O) groups excluding carboxylic acids is 2. The lowest BCUT2D eigenvalue weighted by molar-refractivity contribution is -0.133. The number of likely N-dealkylation sites (tertiary alicyclic amines) is 1. The number of nitrogens with zero attached hydrogens (tertiary/aromatic N) is 1. The number of halogens is 2. The lowest BCUT2D eigenvalue weighted by atomic mass is 9.97. The molecule has 2 amide bonds. The number of benzene rings is 1. The summed E-state index contributed by atoms with van der Waals surface area (Å²) in [6, 6.07) is 4.59. The van der Waals surface area contributed by atoms with Crippen LogP contribution in [0, 0.1) is 11.7 Å². The summed E-state index contributed by atoms with van der Waals surface area (Å²) >= 11 is 3.17. The van der Waals surface area contributed by atoms with E-state index >= 15 is 0 Å². The first-order valence-electron chi connectivity index (χ1n) is 6.73. The fourth-order valence-corrected chi connectivity index (χ4v) is 2.68. The molecule has 21 heavy (non-hydrogen) atoms. The van der Waals surface area contributed by atoms with Crippen LogP contribution in [-0.4, -0.2) is 36.3 Å². The van der Waals surface area contributed by atoms with E-state index in [1.54, 1.807) is 17.0 Å². The van der Waals surface area contributed by atoms with Gasteiger partial charge in [-0.2, -0.15) is 0 Å². The Morgan fingerprint density at radius 1 is 1.48 bits per heavy atom. The summed E-state index contributed by atoms with van der Waals surface area (Å²) in [4.78, 5) is 24.9. The minimum Gasteiger partial charge on any atom is -0.374 e. The lowest BCUT2D eigenvalue weighted by Gasteiger charge is -2.31. The molecule has 5 nitrogen and oxygen atoms in total. The molecule has 1 atom stereocenters. The molecule has 0 spiro atoms. The van der Waals surface area contributed by atoms with E-state index in [1.165, 1.54) is 6.07 Å². The van der Waals surface area contributed by atoms with Gasteiger partial charge < -0.3 is 16.0 Å². The Morgan fingerprint density at radius 2 is 2.24 bits per heavy atom. The molecular formula is C14H17BrFN3O2. The van der Waals surface area contributed by atoms with Crippen LogP contribution in [0.4, 0.5) is 10.1 Å². The number of hydrogen-bond acceptors (Lipinski definition) is 3. The van der Waals surface area contributed by atoms with Crippen molar-refractivity contribution in [2.24, 2.45) is 11.7 Å². The van der Waals surface area contributed by atoms with Gasteiger partial charge in [0.1, 0.15) is 5.82 Å². The molecule has 1 aliphatic heterocycles. The molecule has 1 unspecified atom stereocenters. The van der Waals surface area contributed by atoms with Crippen molar-refractivity contribution in [3.05, 3.63) is 28.5 Å². The van der Waals surface area contributed by atoms with Crippen molar-refractivity contribution in [2.75, 3.05) is 25.0 Å². The molecule has 114 valence electrons. The van der Waals surface area contributed by atoms with Gasteiger partial charge in [-0.25, -0.2) is 4.39 Å². The molecule has 1 fully saturated rings. The summed E-state index contributed by atoms with van der Waals surface area (Å²) in [5.41, 5.74) is 5.56. The van der Waals surface area contributed by atoms with E-state index in [0.29, 0.717) is 24.0 Å². The predicted octanol–water partition coefficient (Wildman–Crippen LogP) is 1.72. The van der Waals surface area contributed by atoms with E-state index in [0.717, 1.165) is 6.42 Å². The van der Waals surface area contributed by atoms with Crippen molar-refractivity contribution in [2.45, 2.75) is 12.8 Å². The minimum absolute atomic E-state index is 0.00989. The van der Waals surface area contributed by atoms with Gasteiger partial charge in [-0.3, -0.25) is 9.59 Å². The standard InChI is InChI=1S/C14H17BrFN3O2/c15-10-3-4-12(11(16)6-10)18-7-13(20)19-5-1-2-9(8-19)14(17)21/h3-4,6,9,18H,1-2,5,7-8H2,(H2,17,21). The number of primary amides is 1. The number of anilines is 1. The third-order valence-corrected chi connectivity index (χ3v) is 4.03. The van der Waals surface area contributed by atoms with E-state index in [-0.39, 0.29) is 30.0 Å². The van der Waals surface area contributed by atoms with Gasteiger partial charge in [0.2, 0.25) is 11.8 Å². The zero-order chi connectivity index (χ0) is 15.4. The van der Waals surface area contributed by atoms with E-state index in [9.17, 15) is 14.0 Å². The lowest BCUT2D eigenvalue weighted by Crippen LogP contribution is -2.46. The Labute approximate surface area is 130 Å². The maximum absolute atomic E-state index is 13.6. The molecule has 1 saturated heterocycles. The molecule has 1 heterocycles.